The van der Waals surface area contributed by atoms with Crippen LogP contribution in [0.2, 0.25) is 0 Å². The minimum absolute atomic E-state index is 0. The van der Waals surface area contributed by atoms with Gasteiger partial charge >= 0.3 is 65.9 Å². The van der Waals surface area contributed by atoms with Gasteiger partial charge in [-0.25, -0.2) is 0 Å². The summed E-state index contributed by atoms with van der Waals surface area (Å²) in [5, 5.41) is 0. The van der Waals surface area contributed by atoms with Crippen molar-refractivity contribution < 1.29 is 76.9 Å². The van der Waals surface area contributed by atoms with Crippen LogP contribution in [0.5, 0.6) is 0 Å². The average Bonchev–Trinajstić information content (AvgIpc) is 1.00. The molecule has 0 saturated heterocycles. The molecule has 6 heavy (non-hydrogen) atoms. The van der Waals surface area contributed by atoms with Crippen LogP contribution in [0.3, 0.4) is 0 Å². The van der Waals surface area contributed by atoms with E-state index in [0.29, 0.717) is 0 Å². The second kappa shape index (κ2) is 70.7. The minimum Gasteiger partial charge on any atom is 4.00 e. The summed E-state index contributed by atoms with van der Waals surface area (Å²) >= 11 is 1.10. The molecular weight excluding hydrogens is 378 g/mol. The number of hydrogen-bond donors (Lipinski definition) is 0. The van der Waals surface area contributed by atoms with Crippen LogP contribution in [-0.2, 0) is 76.9 Å². The molecule has 0 bridgehead atoms. The molecular formula is O3RuTaTi+6. The summed E-state index contributed by atoms with van der Waals surface area (Å²) in [6.45, 7) is 0. The van der Waals surface area contributed by atoms with Gasteiger partial charge in [-0.2, -0.15) is 0 Å². The van der Waals surface area contributed by atoms with E-state index >= 15 is 0 Å². The van der Waals surface area contributed by atoms with E-state index in [1.54, 1.807) is 0 Å². The quantitative estimate of drug-likeness (QED) is 0.531. The first-order valence-corrected chi connectivity index (χ1v) is 0.854. The second-order valence-electron chi connectivity index (χ2n) is 0. The van der Waals surface area contributed by atoms with Crippen LogP contribution in [0.1, 0.15) is 0 Å². The summed E-state index contributed by atoms with van der Waals surface area (Å²) in [6.07, 6.45) is 0. The predicted octanol–water partition coefficient (Wildman–Crippen LogP) is -0.364. The van der Waals surface area contributed by atoms with E-state index in [0.717, 1.165) is 18.3 Å². The van der Waals surface area contributed by atoms with Crippen LogP contribution < -0.4 is 0 Å². The maximum absolute atomic E-state index is 8.18. The van der Waals surface area contributed by atoms with E-state index in [-0.39, 0.29) is 55.1 Å². The molecule has 0 radical (unpaired) electrons. The van der Waals surface area contributed by atoms with Gasteiger partial charge in [0.1, 0.15) is 0 Å². The van der Waals surface area contributed by atoms with Gasteiger partial charge in [0.2, 0.25) is 0 Å². The zero-order valence-electron chi connectivity index (χ0n) is 2.53. The molecule has 0 aliphatic carbocycles. The van der Waals surface area contributed by atoms with Crippen molar-refractivity contribution in [3.63, 3.8) is 0 Å². The third-order valence-electron chi connectivity index (χ3n) is 0. The third-order valence-corrected chi connectivity index (χ3v) is 0. The zero-order valence-corrected chi connectivity index (χ0v) is 9.04. The molecule has 0 spiro atoms. The van der Waals surface area contributed by atoms with Gasteiger partial charge in [-0.1, -0.05) is 0 Å². The first-order chi connectivity index (χ1) is 1.00. The molecule has 3 nitrogen and oxygen atoms in total. The fourth-order valence-corrected chi connectivity index (χ4v) is 0. The minimum atomic E-state index is 0. The monoisotopic (exact) mass is 379 g/mol. The molecule has 0 unspecified atom stereocenters. The van der Waals surface area contributed by atoms with E-state index < -0.39 is 0 Å². The van der Waals surface area contributed by atoms with Crippen molar-refractivity contribution in [2.24, 2.45) is 0 Å². The van der Waals surface area contributed by atoms with Crippen LogP contribution >= 0.6 is 0 Å². The van der Waals surface area contributed by atoms with Gasteiger partial charge in [-0.15, -0.1) is 0 Å². The van der Waals surface area contributed by atoms with Gasteiger partial charge in [-0.3, -0.25) is 0 Å². The van der Waals surface area contributed by atoms with Crippen LogP contribution in [0, 0.1) is 0 Å². The molecule has 0 heterocycles. The van der Waals surface area contributed by atoms with Crippen molar-refractivity contribution >= 4 is 0 Å². The Bertz CT molecular complexity index is 10.8. The molecule has 0 aromatic heterocycles. The van der Waals surface area contributed by atoms with Gasteiger partial charge in [0.15, 0.2) is 0 Å². The van der Waals surface area contributed by atoms with Crippen molar-refractivity contribution in [3.05, 3.63) is 0 Å². The fourth-order valence-electron chi connectivity index (χ4n) is 0. The first kappa shape index (κ1) is 46.0. The molecule has 0 saturated carbocycles. The molecule has 0 atom stereocenters. The van der Waals surface area contributed by atoms with E-state index in [1.807, 2.05) is 0 Å². The van der Waals surface area contributed by atoms with E-state index in [9.17, 15) is 0 Å². The summed E-state index contributed by atoms with van der Waals surface area (Å²) in [7, 11) is 0. The smallest absolute Gasteiger partial charge is 4.00 e. The van der Waals surface area contributed by atoms with Crippen molar-refractivity contribution in [3.8, 4) is 0 Å². The summed E-state index contributed by atoms with van der Waals surface area (Å²) in [5.74, 6) is 0. The summed E-state index contributed by atoms with van der Waals surface area (Å²) in [5.41, 5.74) is 0. The maximum atomic E-state index is 8.18. The van der Waals surface area contributed by atoms with Gasteiger partial charge < -0.3 is 11.0 Å². The Morgan fingerprint density at radius 3 is 1.00 bits per heavy atom. The summed E-state index contributed by atoms with van der Waals surface area (Å²) in [6, 6.07) is 0. The fraction of sp³-hybridized carbons (Fsp3) is 0. The Morgan fingerprint density at radius 1 is 1.00 bits per heavy atom. The Balaban J connectivity index is -0.000000000833. The van der Waals surface area contributed by atoms with E-state index in [2.05, 4.69) is 0 Å². The van der Waals surface area contributed by atoms with Crippen LogP contribution in [0.15, 0.2) is 0 Å². The summed E-state index contributed by atoms with van der Waals surface area (Å²) in [4.78, 5) is 0. The Morgan fingerprint density at radius 2 is 1.00 bits per heavy atom. The maximum Gasteiger partial charge on any atom is 5.00 e. The van der Waals surface area contributed by atoms with Crippen molar-refractivity contribution in [1.82, 2.24) is 0 Å². The van der Waals surface area contributed by atoms with Gasteiger partial charge in [0.25, 0.3) is 0 Å². The molecule has 0 aromatic rings. The van der Waals surface area contributed by atoms with Crippen molar-refractivity contribution in [1.29, 1.82) is 0 Å². The normalized spacial score (nSPS) is 0.667. The molecule has 0 amide bonds. The topological polar surface area (TPSA) is 74.1 Å². The first-order valence-electron chi connectivity index (χ1n) is 0.144. The molecule has 0 rings (SSSR count). The van der Waals surface area contributed by atoms with Crippen LogP contribution in [0.25, 0.3) is 0 Å². The average molecular weight is 378 g/mol. The standard InChI is InChI=1S/3O.Ru.Ta.Ti/q;2*-2;+1;+5;+4. The number of rotatable bonds is 0. The second-order valence-corrected chi connectivity index (χ2v) is 0. The predicted molar refractivity (Wildman–Crippen MR) is 2.06 cm³/mol. The summed E-state index contributed by atoms with van der Waals surface area (Å²) < 4.78 is 8.18. The van der Waals surface area contributed by atoms with Gasteiger partial charge in [0, 0.05) is 0 Å². The largest absolute Gasteiger partial charge is 5.00 e. The molecule has 29 valence electrons. The molecule has 0 aliphatic rings. The molecule has 6 heteroatoms. The Kier molecular flexibility index (Phi) is 542. The molecule has 0 aliphatic heterocycles. The van der Waals surface area contributed by atoms with Crippen molar-refractivity contribution in [2.75, 3.05) is 0 Å². The van der Waals surface area contributed by atoms with Gasteiger partial charge in [0.05, 0.1) is 0 Å². The zero-order chi connectivity index (χ0) is 2.00. The van der Waals surface area contributed by atoms with Gasteiger partial charge in [-0.05, 0) is 0 Å². The Labute approximate surface area is 76.2 Å². The molecule has 0 fully saturated rings. The number of hydrogen-bond acceptors (Lipinski definition) is 1. The van der Waals surface area contributed by atoms with Crippen LogP contribution in [0.4, 0.5) is 0 Å². The molecule has 0 N–H and O–H groups in total. The van der Waals surface area contributed by atoms with Crippen molar-refractivity contribution in [2.45, 2.75) is 0 Å². The SMILES string of the molecule is [O-2].[O-2].[O]=[Ru+].[Ta+5].[Ti+4]. The van der Waals surface area contributed by atoms with Crippen LogP contribution in [-0.4, -0.2) is 0 Å². The Hall–Kier alpha value is 1.80. The third kappa shape index (κ3) is 41.3. The molecule has 0 aromatic carbocycles. The van der Waals surface area contributed by atoms with E-state index in [1.165, 1.54) is 0 Å². The van der Waals surface area contributed by atoms with E-state index in [4.69, 9.17) is 3.57 Å².